The summed E-state index contributed by atoms with van der Waals surface area (Å²) in [6.07, 6.45) is 0.827. The first-order valence-electron chi connectivity index (χ1n) is 7.61. The van der Waals surface area contributed by atoms with Gasteiger partial charge in [0.15, 0.2) is 0 Å². The van der Waals surface area contributed by atoms with Gasteiger partial charge in [-0.2, -0.15) is 0 Å². The highest BCUT2D eigenvalue weighted by Crippen LogP contribution is 2.19. The summed E-state index contributed by atoms with van der Waals surface area (Å²) >= 11 is 0. The number of nitrogens with one attached hydrogen (secondary N) is 2. The van der Waals surface area contributed by atoms with E-state index < -0.39 is 10.0 Å². The van der Waals surface area contributed by atoms with Crippen LogP contribution >= 0.6 is 0 Å². The fourth-order valence-electron chi connectivity index (χ4n) is 2.57. The molecule has 0 radical (unpaired) electrons. The molecule has 0 saturated heterocycles. The van der Waals surface area contributed by atoms with Gasteiger partial charge in [0.2, 0.25) is 10.0 Å². The molecule has 1 aliphatic rings. The lowest BCUT2D eigenvalue weighted by atomic mass is 10.1. The Hall–Kier alpha value is -0.950. The van der Waals surface area contributed by atoms with Crippen LogP contribution in [0.4, 0.5) is 0 Å². The summed E-state index contributed by atoms with van der Waals surface area (Å²) in [5.74, 6) is 0. The highest BCUT2D eigenvalue weighted by Gasteiger charge is 2.17. The summed E-state index contributed by atoms with van der Waals surface area (Å²) in [6, 6.07) is 5.38. The maximum Gasteiger partial charge on any atom is 0.240 e. The third kappa shape index (κ3) is 4.26. The molecule has 5 nitrogen and oxygen atoms in total. The van der Waals surface area contributed by atoms with Crippen molar-refractivity contribution in [2.24, 2.45) is 0 Å². The van der Waals surface area contributed by atoms with E-state index in [2.05, 4.69) is 28.8 Å². The van der Waals surface area contributed by atoms with Crippen LogP contribution in [0.15, 0.2) is 23.1 Å². The Labute approximate surface area is 127 Å². The number of nitrogens with zero attached hydrogens (tertiary/aromatic N) is 1. The van der Waals surface area contributed by atoms with Crippen LogP contribution in [0, 0.1) is 0 Å². The Morgan fingerprint density at radius 3 is 2.62 bits per heavy atom. The average Bonchev–Trinajstić information content (AvgIpc) is 2.95. The molecule has 0 unspecified atom stereocenters. The molecule has 0 saturated carbocycles. The van der Waals surface area contributed by atoms with E-state index in [4.69, 9.17) is 0 Å². The van der Waals surface area contributed by atoms with E-state index in [1.54, 1.807) is 12.1 Å². The molecule has 2 rings (SSSR count). The molecular formula is C15H25N3O2S. The van der Waals surface area contributed by atoms with Crippen LogP contribution in [0.2, 0.25) is 0 Å². The second-order valence-electron chi connectivity index (χ2n) is 5.31. The first kappa shape index (κ1) is 16.4. The number of fused-ring (bicyclic) bond motifs is 1. The van der Waals surface area contributed by atoms with Gasteiger partial charge >= 0.3 is 0 Å². The minimum absolute atomic E-state index is 0.368. The van der Waals surface area contributed by atoms with E-state index in [0.717, 1.165) is 44.7 Å². The zero-order chi connectivity index (χ0) is 15.3. The molecule has 0 aliphatic carbocycles. The van der Waals surface area contributed by atoms with Crippen molar-refractivity contribution in [3.05, 3.63) is 29.3 Å². The van der Waals surface area contributed by atoms with Gasteiger partial charge in [-0.25, -0.2) is 13.1 Å². The summed E-state index contributed by atoms with van der Waals surface area (Å²) in [4.78, 5) is 2.66. The molecule has 0 aromatic heterocycles. The van der Waals surface area contributed by atoms with E-state index in [1.165, 1.54) is 5.56 Å². The van der Waals surface area contributed by atoms with Gasteiger partial charge in [-0.05, 0) is 49.3 Å². The fourth-order valence-corrected chi connectivity index (χ4v) is 3.70. The zero-order valence-corrected chi connectivity index (χ0v) is 13.7. The number of rotatable bonds is 8. The molecule has 0 fully saturated rings. The number of benzene rings is 1. The van der Waals surface area contributed by atoms with Crippen LogP contribution < -0.4 is 10.0 Å². The third-order valence-corrected chi connectivity index (χ3v) is 5.42. The molecule has 1 aliphatic heterocycles. The summed E-state index contributed by atoms with van der Waals surface area (Å²) in [5.41, 5.74) is 2.27. The minimum atomic E-state index is -3.39. The van der Waals surface area contributed by atoms with Crippen molar-refractivity contribution in [1.82, 2.24) is 14.9 Å². The SMILES string of the molecule is CCN(CC)CCCNS(=O)(=O)c1ccc2c(c1)CNC2. The van der Waals surface area contributed by atoms with Crippen molar-refractivity contribution in [2.45, 2.75) is 38.3 Å². The number of hydrogen-bond acceptors (Lipinski definition) is 4. The van der Waals surface area contributed by atoms with Crippen molar-refractivity contribution in [2.75, 3.05) is 26.2 Å². The van der Waals surface area contributed by atoms with Gasteiger partial charge in [0.25, 0.3) is 0 Å². The highest BCUT2D eigenvalue weighted by atomic mass is 32.2. The van der Waals surface area contributed by atoms with Gasteiger partial charge in [0, 0.05) is 19.6 Å². The van der Waals surface area contributed by atoms with Crippen LogP contribution in [0.25, 0.3) is 0 Å². The molecule has 21 heavy (non-hydrogen) atoms. The first-order valence-corrected chi connectivity index (χ1v) is 9.09. The summed E-state index contributed by atoms with van der Waals surface area (Å²) in [7, 11) is -3.39. The molecule has 0 spiro atoms. The van der Waals surface area contributed by atoms with Crippen LogP contribution in [0.3, 0.4) is 0 Å². The molecule has 0 bridgehead atoms. The molecule has 0 amide bonds. The maximum atomic E-state index is 12.3. The lowest BCUT2D eigenvalue weighted by Gasteiger charge is -2.17. The molecule has 1 aromatic carbocycles. The Morgan fingerprint density at radius 2 is 1.90 bits per heavy atom. The van der Waals surface area contributed by atoms with Gasteiger partial charge in [-0.3, -0.25) is 0 Å². The van der Waals surface area contributed by atoms with E-state index in [-0.39, 0.29) is 0 Å². The normalized spacial score (nSPS) is 14.6. The summed E-state index contributed by atoms with van der Waals surface area (Å²) in [6.45, 7) is 9.21. The Kier molecular flexibility index (Phi) is 5.75. The van der Waals surface area contributed by atoms with Crippen molar-refractivity contribution in [3.63, 3.8) is 0 Å². The van der Waals surface area contributed by atoms with Crippen molar-refractivity contribution < 1.29 is 8.42 Å². The van der Waals surface area contributed by atoms with E-state index in [9.17, 15) is 8.42 Å². The molecule has 6 heteroatoms. The molecule has 1 aromatic rings. The van der Waals surface area contributed by atoms with Crippen molar-refractivity contribution >= 4 is 10.0 Å². The smallest absolute Gasteiger partial charge is 0.240 e. The minimum Gasteiger partial charge on any atom is -0.309 e. The van der Waals surface area contributed by atoms with E-state index in [0.29, 0.717) is 11.4 Å². The quantitative estimate of drug-likeness (QED) is 0.711. The predicted octanol–water partition coefficient (Wildman–Crippen LogP) is 1.30. The summed E-state index contributed by atoms with van der Waals surface area (Å²) < 4.78 is 27.2. The average molecular weight is 311 g/mol. The highest BCUT2D eigenvalue weighted by molar-refractivity contribution is 7.89. The van der Waals surface area contributed by atoms with Crippen LogP contribution in [-0.2, 0) is 23.1 Å². The van der Waals surface area contributed by atoms with Gasteiger partial charge in [-0.1, -0.05) is 19.9 Å². The zero-order valence-electron chi connectivity index (χ0n) is 12.9. The number of sulfonamides is 1. The molecule has 1 heterocycles. The third-order valence-electron chi connectivity index (χ3n) is 3.96. The summed E-state index contributed by atoms with van der Waals surface area (Å²) in [5, 5.41) is 3.22. The Morgan fingerprint density at radius 1 is 1.19 bits per heavy atom. The van der Waals surface area contributed by atoms with E-state index >= 15 is 0 Å². The standard InChI is InChI=1S/C15H25N3O2S/c1-3-18(4-2)9-5-8-17-21(19,20)15-7-6-13-11-16-12-14(13)10-15/h6-7,10,16-17H,3-5,8-9,11-12H2,1-2H3. The van der Waals surface area contributed by atoms with Gasteiger partial charge in [0.05, 0.1) is 4.90 Å². The Bertz CT molecular complexity index is 568. The van der Waals surface area contributed by atoms with Gasteiger partial charge in [-0.15, -0.1) is 0 Å². The number of hydrogen-bond donors (Lipinski definition) is 2. The fraction of sp³-hybridized carbons (Fsp3) is 0.600. The monoisotopic (exact) mass is 311 g/mol. The molecule has 118 valence electrons. The lowest BCUT2D eigenvalue weighted by molar-refractivity contribution is 0.300. The second kappa shape index (κ2) is 7.35. The van der Waals surface area contributed by atoms with Gasteiger partial charge < -0.3 is 10.2 Å². The lowest BCUT2D eigenvalue weighted by Crippen LogP contribution is -2.30. The van der Waals surface area contributed by atoms with Crippen LogP contribution in [-0.4, -0.2) is 39.5 Å². The predicted molar refractivity (Wildman–Crippen MR) is 84.6 cm³/mol. The largest absolute Gasteiger partial charge is 0.309 e. The van der Waals surface area contributed by atoms with Crippen LogP contribution in [0.1, 0.15) is 31.4 Å². The Balaban J connectivity index is 1.90. The molecular weight excluding hydrogens is 286 g/mol. The van der Waals surface area contributed by atoms with E-state index in [1.807, 2.05) is 6.07 Å². The van der Waals surface area contributed by atoms with Crippen molar-refractivity contribution in [3.8, 4) is 0 Å². The topological polar surface area (TPSA) is 61.4 Å². The molecule has 0 atom stereocenters. The maximum absolute atomic E-state index is 12.3. The van der Waals surface area contributed by atoms with Crippen LogP contribution in [0.5, 0.6) is 0 Å². The molecule has 2 N–H and O–H groups in total. The second-order valence-corrected chi connectivity index (χ2v) is 7.08. The van der Waals surface area contributed by atoms with Gasteiger partial charge in [0.1, 0.15) is 0 Å². The van der Waals surface area contributed by atoms with Crippen molar-refractivity contribution in [1.29, 1.82) is 0 Å². The first-order chi connectivity index (χ1) is 10.1.